The summed E-state index contributed by atoms with van der Waals surface area (Å²) in [7, 11) is 0. The summed E-state index contributed by atoms with van der Waals surface area (Å²) >= 11 is 1.67. The minimum atomic E-state index is -0.00817. The standard InChI is InChI=1S/C18H26N2O2S/c1-5-19(17(22)13(2)3)9-10-20-16(21)12-23-18(20)15-8-6-7-14(4)11-15/h6-8,11,13,18H,5,9-10,12H2,1-4H3. The number of rotatable bonds is 6. The summed E-state index contributed by atoms with van der Waals surface area (Å²) in [6, 6.07) is 8.31. The minimum absolute atomic E-state index is 0.00817. The van der Waals surface area contributed by atoms with Crippen LogP contribution >= 0.6 is 11.8 Å². The Hall–Kier alpha value is -1.49. The zero-order valence-corrected chi connectivity index (χ0v) is 15.2. The van der Waals surface area contributed by atoms with E-state index in [2.05, 4.69) is 25.1 Å². The SMILES string of the molecule is CCN(CCN1C(=O)CSC1c1cccc(C)c1)C(=O)C(C)C. The van der Waals surface area contributed by atoms with Crippen molar-refractivity contribution in [3.63, 3.8) is 0 Å². The van der Waals surface area contributed by atoms with Gasteiger partial charge in [-0.15, -0.1) is 11.8 Å². The van der Waals surface area contributed by atoms with Gasteiger partial charge in [-0.05, 0) is 19.4 Å². The maximum Gasteiger partial charge on any atom is 0.233 e. The van der Waals surface area contributed by atoms with Crippen molar-refractivity contribution in [1.29, 1.82) is 0 Å². The monoisotopic (exact) mass is 334 g/mol. The highest BCUT2D eigenvalue weighted by Gasteiger charge is 2.33. The Morgan fingerprint density at radius 2 is 2.17 bits per heavy atom. The molecule has 1 atom stereocenters. The molecule has 2 rings (SSSR count). The van der Waals surface area contributed by atoms with E-state index >= 15 is 0 Å². The maximum atomic E-state index is 12.2. The fraction of sp³-hybridized carbons (Fsp3) is 0.556. The van der Waals surface area contributed by atoms with Gasteiger partial charge < -0.3 is 9.80 Å². The summed E-state index contributed by atoms with van der Waals surface area (Å²) in [5.41, 5.74) is 2.37. The number of carbonyl (C=O) groups is 2. The van der Waals surface area contributed by atoms with E-state index in [1.54, 1.807) is 11.8 Å². The first-order valence-corrected chi connectivity index (χ1v) is 9.25. The van der Waals surface area contributed by atoms with E-state index < -0.39 is 0 Å². The molecule has 1 aliphatic rings. The first-order valence-electron chi connectivity index (χ1n) is 8.20. The highest BCUT2D eigenvalue weighted by Crippen LogP contribution is 2.38. The minimum Gasteiger partial charge on any atom is -0.341 e. The van der Waals surface area contributed by atoms with Gasteiger partial charge in [-0.25, -0.2) is 0 Å². The second-order valence-corrected chi connectivity index (χ2v) is 7.31. The molecule has 2 amide bonds. The number of hydrogen-bond donors (Lipinski definition) is 0. The Labute approximate surface area is 143 Å². The number of likely N-dealkylation sites (N-methyl/N-ethyl adjacent to an activating group) is 1. The second-order valence-electron chi connectivity index (χ2n) is 6.24. The van der Waals surface area contributed by atoms with Crippen LogP contribution in [0.2, 0.25) is 0 Å². The molecular formula is C18H26N2O2S. The predicted octanol–water partition coefficient (Wildman–Crippen LogP) is 3.07. The molecule has 0 N–H and O–H groups in total. The van der Waals surface area contributed by atoms with Crippen molar-refractivity contribution in [2.75, 3.05) is 25.4 Å². The number of aryl methyl sites for hydroxylation is 1. The van der Waals surface area contributed by atoms with Crippen molar-refractivity contribution in [1.82, 2.24) is 9.80 Å². The van der Waals surface area contributed by atoms with E-state index in [-0.39, 0.29) is 23.1 Å². The molecule has 0 spiro atoms. The molecule has 1 aromatic carbocycles. The second kappa shape index (κ2) is 7.86. The van der Waals surface area contributed by atoms with E-state index in [4.69, 9.17) is 0 Å². The molecule has 126 valence electrons. The van der Waals surface area contributed by atoms with Crippen LogP contribution in [0, 0.1) is 12.8 Å². The van der Waals surface area contributed by atoms with E-state index in [0.29, 0.717) is 25.4 Å². The summed E-state index contributed by atoms with van der Waals surface area (Å²) in [4.78, 5) is 28.2. The average Bonchev–Trinajstić information content (AvgIpc) is 2.88. The van der Waals surface area contributed by atoms with E-state index in [1.807, 2.05) is 36.6 Å². The summed E-state index contributed by atoms with van der Waals surface area (Å²) < 4.78 is 0. The van der Waals surface area contributed by atoms with Crippen LogP contribution in [0.4, 0.5) is 0 Å². The number of hydrogen-bond acceptors (Lipinski definition) is 3. The van der Waals surface area contributed by atoms with Crippen LogP contribution < -0.4 is 0 Å². The zero-order valence-electron chi connectivity index (χ0n) is 14.4. The number of benzene rings is 1. The average molecular weight is 334 g/mol. The molecule has 1 aliphatic heterocycles. The molecule has 0 aliphatic carbocycles. The Morgan fingerprint density at radius 3 is 2.78 bits per heavy atom. The van der Waals surface area contributed by atoms with Crippen LogP contribution in [0.1, 0.15) is 37.3 Å². The molecule has 4 nitrogen and oxygen atoms in total. The Balaban J connectivity index is 2.07. The van der Waals surface area contributed by atoms with Crippen LogP contribution in [0.5, 0.6) is 0 Å². The zero-order chi connectivity index (χ0) is 17.0. The molecule has 0 bridgehead atoms. The van der Waals surface area contributed by atoms with Gasteiger partial charge in [-0.1, -0.05) is 43.7 Å². The molecular weight excluding hydrogens is 308 g/mol. The Kier molecular flexibility index (Phi) is 6.10. The Bertz CT molecular complexity index is 574. The first kappa shape index (κ1) is 17.9. The first-order chi connectivity index (χ1) is 10.9. The lowest BCUT2D eigenvalue weighted by Gasteiger charge is -2.29. The fourth-order valence-electron chi connectivity index (χ4n) is 2.81. The molecule has 5 heteroatoms. The van der Waals surface area contributed by atoms with Gasteiger partial charge in [0.25, 0.3) is 0 Å². The van der Waals surface area contributed by atoms with Crippen molar-refractivity contribution in [3.05, 3.63) is 35.4 Å². The van der Waals surface area contributed by atoms with Gasteiger partial charge in [0.15, 0.2) is 0 Å². The smallest absolute Gasteiger partial charge is 0.233 e. The van der Waals surface area contributed by atoms with Gasteiger partial charge in [0.05, 0.1) is 5.75 Å². The lowest BCUT2D eigenvalue weighted by molar-refractivity contribution is -0.136. The largest absolute Gasteiger partial charge is 0.341 e. The van der Waals surface area contributed by atoms with E-state index in [9.17, 15) is 9.59 Å². The van der Waals surface area contributed by atoms with Crippen molar-refractivity contribution in [2.24, 2.45) is 5.92 Å². The van der Waals surface area contributed by atoms with Gasteiger partial charge in [0.2, 0.25) is 11.8 Å². The highest BCUT2D eigenvalue weighted by molar-refractivity contribution is 8.00. The number of thioether (sulfide) groups is 1. The topological polar surface area (TPSA) is 40.6 Å². The lowest BCUT2D eigenvalue weighted by Crippen LogP contribution is -2.41. The number of carbonyl (C=O) groups excluding carboxylic acids is 2. The van der Waals surface area contributed by atoms with Crippen LogP contribution in [-0.4, -0.2) is 47.0 Å². The van der Waals surface area contributed by atoms with Crippen molar-refractivity contribution in [3.8, 4) is 0 Å². The summed E-state index contributed by atoms with van der Waals surface area (Å²) in [5.74, 6) is 0.822. The van der Waals surface area contributed by atoms with E-state index in [1.165, 1.54) is 11.1 Å². The third-order valence-electron chi connectivity index (χ3n) is 4.09. The van der Waals surface area contributed by atoms with E-state index in [0.717, 1.165) is 0 Å². The predicted molar refractivity (Wildman–Crippen MR) is 95.2 cm³/mol. The number of nitrogens with zero attached hydrogens (tertiary/aromatic N) is 2. The highest BCUT2D eigenvalue weighted by atomic mass is 32.2. The summed E-state index contributed by atoms with van der Waals surface area (Å²) in [5, 5.41) is 0.0651. The molecule has 1 aromatic rings. The van der Waals surface area contributed by atoms with Gasteiger partial charge in [-0.3, -0.25) is 9.59 Å². The molecule has 23 heavy (non-hydrogen) atoms. The Morgan fingerprint density at radius 1 is 1.43 bits per heavy atom. The van der Waals surface area contributed by atoms with Crippen molar-refractivity contribution < 1.29 is 9.59 Å². The molecule has 1 saturated heterocycles. The normalized spacial score (nSPS) is 17.9. The summed E-state index contributed by atoms with van der Waals surface area (Å²) in [6.07, 6.45) is 0. The number of amides is 2. The fourth-order valence-corrected chi connectivity index (χ4v) is 4.02. The van der Waals surface area contributed by atoms with Crippen LogP contribution in [-0.2, 0) is 9.59 Å². The third kappa shape index (κ3) is 4.28. The van der Waals surface area contributed by atoms with Gasteiger partial charge in [-0.2, -0.15) is 0 Å². The lowest BCUT2D eigenvalue weighted by atomic mass is 10.1. The summed E-state index contributed by atoms with van der Waals surface area (Å²) in [6.45, 7) is 9.75. The molecule has 1 fully saturated rings. The molecule has 1 heterocycles. The van der Waals surface area contributed by atoms with Gasteiger partial charge >= 0.3 is 0 Å². The molecule has 0 saturated carbocycles. The third-order valence-corrected chi connectivity index (χ3v) is 5.35. The van der Waals surface area contributed by atoms with Gasteiger partial charge in [0, 0.05) is 25.6 Å². The maximum absolute atomic E-state index is 12.2. The van der Waals surface area contributed by atoms with Crippen molar-refractivity contribution in [2.45, 2.75) is 33.1 Å². The van der Waals surface area contributed by atoms with Crippen LogP contribution in [0.15, 0.2) is 24.3 Å². The quantitative estimate of drug-likeness (QED) is 0.803. The van der Waals surface area contributed by atoms with Crippen molar-refractivity contribution >= 4 is 23.6 Å². The molecule has 1 unspecified atom stereocenters. The molecule has 0 aromatic heterocycles. The van der Waals surface area contributed by atoms with Gasteiger partial charge in [0.1, 0.15) is 5.37 Å². The van der Waals surface area contributed by atoms with Crippen LogP contribution in [0.3, 0.4) is 0 Å². The molecule has 0 radical (unpaired) electrons. The van der Waals surface area contributed by atoms with Crippen LogP contribution in [0.25, 0.3) is 0 Å².